The third kappa shape index (κ3) is 2.33. The number of methoxy groups -OCH3 is 1. The smallest absolute Gasteiger partial charge is 0.160 e. The molecule has 0 saturated carbocycles. The van der Waals surface area contributed by atoms with Gasteiger partial charge in [0.1, 0.15) is 17.9 Å². The summed E-state index contributed by atoms with van der Waals surface area (Å²) in [5, 5.41) is 10.9. The van der Waals surface area contributed by atoms with Crippen LogP contribution in [-0.4, -0.2) is 27.3 Å². The molecule has 0 aliphatic rings. The van der Waals surface area contributed by atoms with Gasteiger partial charge in [-0.25, -0.2) is 9.97 Å². The highest BCUT2D eigenvalue weighted by atomic mass is 16.5. The minimum atomic E-state index is 0.682. The second-order valence-corrected chi connectivity index (χ2v) is 4.06. The van der Waals surface area contributed by atoms with Crippen LogP contribution in [0.25, 0.3) is 11.0 Å². The van der Waals surface area contributed by atoms with Gasteiger partial charge in [-0.1, -0.05) is 12.1 Å². The lowest BCUT2D eigenvalue weighted by atomic mass is 10.2. The molecule has 0 bridgehead atoms. The van der Waals surface area contributed by atoms with E-state index in [9.17, 15) is 0 Å². The summed E-state index contributed by atoms with van der Waals surface area (Å²) in [6.07, 6.45) is 3.22. The van der Waals surface area contributed by atoms with Crippen LogP contribution in [-0.2, 0) is 6.54 Å². The standard InChI is InChI=1S/C13H13N5O/c1-19-10-4-2-9(3-5-10)6-14-12-11-7-17-18-13(11)16-8-15-12/h2-5,7-8H,6H2,1H3,(H2,14,15,16,17,18). The van der Waals surface area contributed by atoms with E-state index in [4.69, 9.17) is 4.74 Å². The summed E-state index contributed by atoms with van der Waals surface area (Å²) in [4.78, 5) is 8.31. The third-order valence-electron chi connectivity index (χ3n) is 2.87. The van der Waals surface area contributed by atoms with Crippen LogP contribution in [0.2, 0.25) is 0 Å². The maximum Gasteiger partial charge on any atom is 0.160 e. The molecule has 0 fully saturated rings. The number of nitrogens with zero attached hydrogens (tertiary/aromatic N) is 3. The zero-order valence-corrected chi connectivity index (χ0v) is 10.4. The molecule has 19 heavy (non-hydrogen) atoms. The minimum Gasteiger partial charge on any atom is -0.497 e. The Morgan fingerprint density at radius 2 is 2.05 bits per heavy atom. The summed E-state index contributed by atoms with van der Waals surface area (Å²) in [5.41, 5.74) is 1.88. The molecule has 0 aliphatic carbocycles. The van der Waals surface area contributed by atoms with E-state index in [0.717, 1.165) is 28.2 Å². The van der Waals surface area contributed by atoms with Gasteiger partial charge in [0, 0.05) is 6.54 Å². The Morgan fingerprint density at radius 3 is 2.84 bits per heavy atom. The molecule has 96 valence electrons. The van der Waals surface area contributed by atoms with E-state index in [1.54, 1.807) is 13.3 Å². The Balaban J connectivity index is 1.76. The van der Waals surface area contributed by atoms with Crippen molar-refractivity contribution in [2.45, 2.75) is 6.54 Å². The highest BCUT2D eigenvalue weighted by molar-refractivity contribution is 5.85. The molecular formula is C13H13N5O. The average Bonchev–Trinajstić information content (AvgIpc) is 2.94. The first kappa shape index (κ1) is 11.5. The van der Waals surface area contributed by atoms with Crippen molar-refractivity contribution in [1.29, 1.82) is 0 Å². The van der Waals surface area contributed by atoms with Crippen molar-refractivity contribution in [2.75, 3.05) is 12.4 Å². The lowest BCUT2D eigenvalue weighted by Crippen LogP contribution is -2.02. The number of benzene rings is 1. The molecule has 2 N–H and O–H groups in total. The van der Waals surface area contributed by atoms with Gasteiger partial charge >= 0.3 is 0 Å². The number of rotatable bonds is 4. The number of hydrogen-bond donors (Lipinski definition) is 2. The molecule has 0 radical (unpaired) electrons. The molecule has 2 heterocycles. The first-order valence-corrected chi connectivity index (χ1v) is 5.87. The fourth-order valence-corrected chi connectivity index (χ4v) is 1.83. The predicted octanol–water partition coefficient (Wildman–Crippen LogP) is 1.97. The van der Waals surface area contributed by atoms with Crippen molar-refractivity contribution in [3.8, 4) is 5.75 Å². The van der Waals surface area contributed by atoms with Gasteiger partial charge in [-0.3, -0.25) is 5.10 Å². The summed E-state index contributed by atoms with van der Waals surface area (Å²) >= 11 is 0. The highest BCUT2D eigenvalue weighted by Gasteiger charge is 2.04. The number of aromatic amines is 1. The van der Waals surface area contributed by atoms with Gasteiger partial charge in [0.2, 0.25) is 0 Å². The first-order chi connectivity index (χ1) is 9.36. The Labute approximate surface area is 109 Å². The Bertz CT molecular complexity index is 677. The zero-order chi connectivity index (χ0) is 13.1. The predicted molar refractivity (Wildman–Crippen MR) is 72.0 cm³/mol. The molecule has 0 atom stereocenters. The van der Waals surface area contributed by atoms with Crippen LogP contribution in [0, 0.1) is 0 Å². The Morgan fingerprint density at radius 1 is 1.21 bits per heavy atom. The van der Waals surface area contributed by atoms with Crippen LogP contribution in [0.4, 0.5) is 5.82 Å². The van der Waals surface area contributed by atoms with Gasteiger partial charge in [0.15, 0.2) is 5.65 Å². The first-order valence-electron chi connectivity index (χ1n) is 5.87. The maximum absolute atomic E-state index is 5.13. The topological polar surface area (TPSA) is 75.7 Å². The fraction of sp³-hybridized carbons (Fsp3) is 0.154. The quantitative estimate of drug-likeness (QED) is 0.745. The van der Waals surface area contributed by atoms with E-state index in [2.05, 4.69) is 25.5 Å². The maximum atomic E-state index is 5.13. The van der Waals surface area contributed by atoms with Crippen molar-refractivity contribution in [2.24, 2.45) is 0 Å². The molecule has 3 aromatic rings. The SMILES string of the molecule is COc1ccc(CNc2ncnc3[nH]ncc23)cc1. The highest BCUT2D eigenvalue weighted by Crippen LogP contribution is 2.17. The number of aromatic nitrogens is 4. The molecule has 0 aliphatic heterocycles. The van der Waals surface area contributed by atoms with Crippen LogP contribution in [0.3, 0.4) is 0 Å². The van der Waals surface area contributed by atoms with Crippen molar-refractivity contribution >= 4 is 16.9 Å². The molecule has 1 aromatic carbocycles. The second-order valence-electron chi connectivity index (χ2n) is 4.06. The fourth-order valence-electron chi connectivity index (χ4n) is 1.83. The van der Waals surface area contributed by atoms with Crippen LogP contribution in [0.1, 0.15) is 5.56 Å². The summed E-state index contributed by atoms with van der Waals surface area (Å²) in [7, 11) is 1.66. The van der Waals surface area contributed by atoms with Gasteiger partial charge in [0.05, 0.1) is 18.7 Å². The summed E-state index contributed by atoms with van der Waals surface area (Å²) in [6, 6.07) is 7.90. The van der Waals surface area contributed by atoms with E-state index in [1.165, 1.54) is 6.33 Å². The van der Waals surface area contributed by atoms with Crippen LogP contribution in [0.5, 0.6) is 5.75 Å². The van der Waals surface area contributed by atoms with Crippen LogP contribution >= 0.6 is 0 Å². The van der Waals surface area contributed by atoms with Gasteiger partial charge < -0.3 is 10.1 Å². The van der Waals surface area contributed by atoms with E-state index in [-0.39, 0.29) is 0 Å². The van der Waals surface area contributed by atoms with Crippen molar-refractivity contribution in [3.05, 3.63) is 42.4 Å². The number of H-pyrrole nitrogens is 1. The molecular weight excluding hydrogens is 242 g/mol. The molecule has 6 nitrogen and oxygen atoms in total. The zero-order valence-electron chi connectivity index (χ0n) is 10.4. The molecule has 0 saturated heterocycles. The lowest BCUT2D eigenvalue weighted by Gasteiger charge is -2.07. The minimum absolute atomic E-state index is 0.682. The average molecular weight is 255 g/mol. The normalized spacial score (nSPS) is 10.6. The molecule has 0 unspecified atom stereocenters. The third-order valence-corrected chi connectivity index (χ3v) is 2.87. The molecule has 6 heteroatoms. The molecule has 2 aromatic heterocycles. The molecule has 3 rings (SSSR count). The van der Waals surface area contributed by atoms with Gasteiger partial charge in [-0.15, -0.1) is 0 Å². The molecule has 0 amide bonds. The van der Waals surface area contributed by atoms with Crippen molar-refractivity contribution in [1.82, 2.24) is 20.2 Å². The van der Waals surface area contributed by atoms with Crippen molar-refractivity contribution in [3.63, 3.8) is 0 Å². The Hall–Kier alpha value is -2.63. The van der Waals surface area contributed by atoms with E-state index >= 15 is 0 Å². The summed E-state index contributed by atoms with van der Waals surface area (Å²) in [6.45, 7) is 0.682. The van der Waals surface area contributed by atoms with Crippen LogP contribution < -0.4 is 10.1 Å². The monoisotopic (exact) mass is 255 g/mol. The number of nitrogens with one attached hydrogen (secondary N) is 2. The number of ether oxygens (including phenoxy) is 1. The van der Waals surface area contributed by atoms with Crippen molar-refractivity contribution < 1.29 is 4.74 Å². The van der Waals surface area contributed by atoms with E-state index < -0.39 is 0 Å². The lowest BCUT2D eigenvalue weighted by molar-refractivity contribution is 0.414. The summed E-state index contributed by atoms with van der Waals surface area (Å²) in [5.74, 6) is 1.62. The number of anilines is 1. The van der Waals surface area contributed by atoms with E-state index in [1.807, 2.05) is 24.3 Å². The van der Waals surface area contributed by atoms with E-state index in [0.29, 0.717) is 6.54 Å². The number of hydrogen-bond acceptors (Lipinski definition) is 5. The summed E-state index contributed by atoms with van der Waals surface area (Å²) < 4.78 is 5.13. The van der Waals surface area contributed by atoms with Gasteiger partial charge in [-0.05, 0) is 17.7 Å². The van der Waals surface area contributed by atoms with Crippen LogP contribution in [0.15, 0.2) is 36.8 Å². The number of fused-ring (bicyclic) bond motifs is 1. The van der Waals surface area contributed by atoms with Gasteiger partial charge in [-0.2, -0.15) is 5.10 Å². The second kappa shape index (κ2) is 4.93. The Kier molecular flexibility index (Phi) is 2.97. The largest absolute Gasteiger partial charge is 0.497 e. The van der Waals surface area contributed by atoms with Gasteiger partial charge in [0.25, 0.3) is 0 Å². The molecule has 0 spiro atoms.